The second-order valence-corrected chi connectivity index (χ2v) is 4.43. The summed E-state index contributed by atoms with van der Waals surface area (Å²) in [5.74, 6) is 0.783. The molecule has 0 aliphatic rings. The fourth-order valence-corrected chi connectivity index (χ4v) is 1.19. The molecule has 0 aliphatic heterocycles. The molecular formula is C12H15NO2S. The van der Waals surface area contributed by atoms with Crippen LogP contribution >= 0.6 is 12.2 Å². The van der Waals surface area contributed by atoms with E-state index in [-0.39, 0.29) is 0 Å². The van der Waals surface area contributed by atoms with Crippen molar-refractivity contribution >= 4 is 29.2 Å². The van der Waals surface area contributed by atoms with E-state index in [9.17, 15) is 4.79 Å². The SMILES string of the molecule is COc1ccc(NC(=S)C(C)(C)C=O)cc1. The van der Waals surface area contributed by atoms with E-state index in [2.05, 4.69) is 5.32 Å². The summed E-state index contributed by atoms with van der Waals surface area (Å²) in [4.78, 5) is 11.3. The van der Waals surface area contributed by atoms with Crippen LogP contribution < -0.4 is 10.1 Å². The molecule has 0 heterocycles. The second kappa shape index (κ2) is 5.07. The highest BCUT2D eigenvalue weighted by atomic mass is 32.1. The molecule has 0 atom stereocenters. The van der Waals surface area contributed by atoms with Gasteiger partial charge in [-0.25, -0.2) is 0 Å². The van der Waals surface area contributed by atoms with Crippen LogP contribution in [0, 0.1) is 5.41 Å². The molecular weight excluding hydrogens is 222 g/mol. The first-order valence-electron chi connectivity index (χ1n) is 4.91. The monoisotopic (exact) mass is 237 g/mol. The first-order valence-corrected chi connectivity index (χ1v) is 5.32. The third kappa shape index (κ3) is 3.03. The summed E-state index contributed by atoms with van der Waals surface area (Å²) in [6.07, 6.45) is 0.839. The minimum absolute atomic E-state index is 0.507. The van der Waals surface area contributed by atoms with Gasteiger partial charge in [0.2, 0.25) is 0 Å². The van der Waals surface area contributed by atoms with E-state index in [0.717, 1.165) is 17.7 Å². The molecule has 0 spiro atoms. The zero-order chi connectivity index (χ0) is 12.2. The van der Waals surface area contributed by atoms with E-state index in [4.69, 9.17) is 17.0 Å². The zero-order valence-electron chi connectivity index (χ0n) is 9.61. The molecule has 1 aromatic rings. The van der Waals surface area contributed by atoms with Gasteiger partial charge in [0, 0.05) is 5.69 Å². The fraction of sp³-hybridized carbons (Fsp3) is 0.333. The lowest BCUT2D eigenvalue weighted by molar-refractivity contribution is -0.112. The number of carbonyl (C=O) groups excluding carboxylic acids is 1. The number of ether oxygens (including phenoxy) is 1. The van der Waals surface area contributed by atoms with Crippen LogP contribution in [0.2, 0.25) is 0 Å². The summed E-state index contributed by atoms with van der Waals surface area (Å²) in [6, 6.07) is 7.37. The molecule has 1 aromatic carbocycles. The maximum Gasteiger partial charge on any atom is 0.132 e. The van der Waals surface area contributed by atoms with Crippen LogP contribution in [0.5, 0.6) is 5.75 Å². The van der Waals surface area contributed by atoms with E-state index in [1.165, 1.54) is 0 Å². The van der Waals surface area contributed by atoms with Crippen LogP contribution in [0.4, 0.5) is 5.69 Å². The molecule has 0 aromatic heterocycles. The van der Waals surface area contributed by atoms with Gasteiger partial charge in [0.15, 0.2) is 0 Å². The maximum atomic E-state index is 10.8. The molecule has 86 valence electrons. The van der Waals surface area contributed by atoms with E-state index < -0.39 is 5.41 Å². The third-order valence-corrected chi connectivity index (χ3v) is 2.86. The van der Waals surface area contributed by atoms with E-state index in [1.807, 2.05) is 24.3 Å². The zero-order valence-corrected chi connectivity index (χ0v) is 10.4. The Morgan fingerprint density at radius 1 is 1.38 bits per heavy atom. The van der Waals surface area contributed by atoms with Gasteiger partial charge in [0.25, 0.3) is 0 Å². The topological polar surface area (TPSA) is 38.3 Å². The van der Waals surface area contributed by atoms with Gasteiger partial charge in [-0.3, -0.25) is 0 Å². The van der Waals surface area contributed by atoms with Gasteiger partial charge in [-0.05, 0) is 38.1 Å². The lowest BCUT2D eigenvalue weighted by Gasteiger charge is -2.19. The smallest absolute Gasteiger partial charge is 0.132 e. The van der Waals surface area contributed by atoms with Crippen LogP contribution in [-0.2, 0) is 4.79 Å². The Kier molecular flexibility index (Phi) is 4.01. The van der Waals surface area contributed by atoms with Gasteiger partial charge in [0.1, 0.15) is 12.0 Å². The molecule has 0 saturated carbocycles. The van der Waals surface area contributed by atoms with Crippen molar-refractivity contribution in [3.05, 3.63) is 24.3 Å². The standard InChI is InChI=1S/C12H15NO2S/c1-12(2,8-14)11(16)13-9-4-6-10(15-3)7-5-9/h4-8H,1-3H3,(H,13,16). The van der Waals surface area contributed by atoms with Gasteiger partial charge in [-0.2, -0.15) is 0 Å². The molecule has 0 saturated heterocycles. The largest absolute Gasteiger partial charge is 0.497 e. The highest BCUT2D eigenvalue weighted by Gasteiger charge is 2.22. The number of anilines is 1. The summed E-state index contributed by atoms with van der Waals surface area (Å²) in [6.45, 7) is 3.55. The maximum absolute atomic E-state index is 10.8. The molecule has 4 heteroatoms. The Balaban J connectivity index is 2.73. The molecule has 0 aliphatic carbocycles. The third-order valence-electron chi connectivity index (χ3n) is 2.23. The van der Waals surface area contributed by atoms with Crippen LogP contribution in [-0.4, -0.2) is 18.4 Å². The van der Waals surface area contributed by atoms with Crippen LogP contribution in [0.1, 0.15) is 13.8 Å². The van der Waals surface area contributed by atoms with Crippen molar-refractivity contribution in [2.75, 3.05) is 12.4 Å². The number of rotatable bonds is 4. The van der Waals surface area contributed by atoms with Crippen molar-refractivity contribution in [3.63, 3.8) is 0 Å². The second-order valence-electron chi connectivity index (χ2n) is 4.02. The number of benzene rings is 1. The number of aldehydes is 1. The van der Waals surface area contributed by atoms with Crippen LogP contribution in [0.25, 0.3) is 0 Å². The molecule has 16 heavy (non-hydrogen) atoms. The molecule has 0 radical (unpaired) electrons. The van der Waals surface area contributed by atoms with E-state index in [1.54, 1.807) is 21.0 Å². The van der Waals surface area contributed by atoms with Crippen molar-refractivity contribution in [3.8, 4) is 5.75 Å². The average molecular weight is 237 g/mol. The first kappa shape index (κ1) is 12.6. The molecule has 0 bridgehead atoms. The minimum Gasteiger partial charge on any atom is -0.497 e. The Bertz CT molecular complexity index is 385. The Labute approximate surface area is 101 Å². The van der Waals surface area contributed by atoms with E-state index >= 15 is 0 Å². The Morgan fingerprint density at radius 3 is 2.38 bits per heavy atom. The minimum atomic E-state index is -0.644. The van der Waals surface area contributed by atoms with Crippen LogP contribution in [0.3, 0.4) is 0 Å². The van der Waals surface area contributed by atoms with Gasteiger partial charge in [-0.15, -0.1) is 0 Å². The number of hydrogen-bond acceptors (Lipinski definition) is 3. The van der Waals surface area contributed by atoms with Gasteiger partial charge < -0.3 is 14.8 Å². The summed E-state index contributed by atoms with van der Waals surface area (Å²) < 4.78 is 5.05. The first-order chi connectivity index (χ1) is 7.49. The summed E-state index contributed by atoms with van der Waals surface area (Å²) in [5, 5.41) is 3.03. The normalized spacial score (nSPS) is 10.7. The number of methoxy groups -OCH3 is 1. The highest BCUT2D eigenvalue weighted by molar-refractivity contribution is 7.80. The molecule has 0 unspecified atom stereocenters. The summed E-state index contributed by atoms with van der Waals surface area (Å²) in [7, 11) is 1.61. The summed E-state index contributed by atoms with van der Waals surface area (Å²) in [5.41, 5.74) is 0.204. The molecule has 3 nitrogen and oxygen atoms in total. The predicted octanol–water partition coefficient (Wildman–Crippen LogP) is 2.66. The van der Waals surface area contributed by atoms with Crippen molar-refractivity contribution in [2.45, 2.75) is 13.8 Å². The number of carbonyl (C=O) groups is 1. The molecule has 1 rings (SSSR count). The summed E-state index contributed by atoms with van der Waals surface area (Å²) >= 11 is 5.16. The Hall–Kier alpha value is -1.42. The van der Waals surface area contributed by atoms with Gasteiger partial charge in [0.05, 0.1) is 17.5 Å². The predicted molar refractivity (Wildman–Crippen MR) is 69.1 cm³/mol. The van der Waals surface area contributed by atoms with E-state index in [0.29, 0.717) is 4.99 Å². The van der Waals surface area contributed by atoms with Crippen molar-refractivity contribution in [1.82, 2.24) is 0 Å². The van der Waals surface area contributed by atoms with Crippen LogP contribution in [0.15, 0.2) is 24.3 Å². The number of thiocarbonyl (C=S) groups is 1. The molecule has 1 N–H and O–H groups in total. The highest BCUT2D eigenvalue weighted by Crippen LogP contribution is 2.19. The number of nitrogens with one attached hydrogen (secondary N) is 1. The lowest BCUT2D eigenvalue weighted by Crippen LogP contribution is -2.30. The van der Waals surface area contributed by atoms with Gasteiger partial charge in [-0.1, -0.05) is 12.2 Å². The molecule has 0 amide bonds. The van der Waals surface area contributed by atoms with Crippen molar-refractivity contribution in [2.24, 2.45) is 5.41 Å². The average Bonchev–Trinajstić information content (AvgIpc) is 2.30. The lowest BCUT2D eigenvalue weighted by atomic mass is 9.95. The van der Waals surface area contributed by atoms with Crippen molar-refractivity contribution in [1.29, 1.82) is 0 Å². The number of hydrogen-bond donors (Lipinski definition) is 1. The quantitative estimate of drug-likeness (QED) is 0.645. The van der Waals surface area contributed by atoms with Gasteiger partial charge >= 0.3 is 0 Å². The molecule has 0 fully saturated rings. The Morgan fingerprint density at radius 2 is 1.94 bits per heavy atom. The fourth-order valence-electron chi connectivity index (χ4n) is 1.02. The van der Waals surface area contributed by atoms with Crippen molar-refractivity contribution < 1.29 is 9.53 Å².